The number of hydrogen-bond donors (Lipinski definition) is 1. The van der Waals surface area contributed by atoms with Crippen LogP contribution in [0.4, 0.5) is 5.82 Å². The lowest BCUT2D eigenvalue weighted by atomic mass is 10.7. The number of nitrogen functional groups attached to an aromatic ring is 1. The highest BCUT2D eigenvalue weighted by atomic mass is 16.5. The molecule has 0 aliphatic rings. The van der Waals surface area contributed by atoms with Crippen LogP contribution >= 0.6 is 0 Å². The lowest BCUT2D eigenvalue weighted by molar-refractivity contribution is 0.0806. The summed E-state index contributed by atoms with van der Waals surface area (Å²) in [6, 6.07) is 0. The highest BCUT2D eigenvalue weighted by Crippen LogP contribution is 1.90. The molecule has 1 heterocycles. The third kappa shape index (κ3) is 2.38. The number of hydrogen-bond acceptors (Lipinski definition) is 4. The van der Waals surface area contributed by atoms with Crippen LogP contribution in [-0.2, 0) is 11.5 Å². The van der Waals surface area contributed by atoms with Crippen molar-refractivity contribution in [2.24, 2.45) is 0 Å². The van der Waals surface area contributed by atoms with Crippen molar-refractivity contribution >= 4 is 5.82 Å². The molecule has 0 fully saturated rings. The average Bonchev–Trinajstić information content (AvgIpc) is 2.37. The van der Waals surface area contributed by atoms with E-state index in [1.165, 1.54) is 11.0 Å². The van der Waals surface area contributed by atoms with E-state index in [9.17, 15) is 0 Å². The SMILES string of the molecule is C=CCOCn1ncc(N)n1. The van der Waals surface area contributed by atoms with Crippen molar-refractivity contribution in [3.63, 3.8) is 0 Å². The van der Waals surface area contributed by atoms with Gasteiger partial charge in [-0.05, 0) is 0 Å². The second-order valence-electron chi connectivity index (χ2n) is 1.93. The molecule has 1 rings (SSSR count). The minimum absolute atomic E-state index is 0.309. The van der Waals surface area contributed by atoms with Crippen LogP contribution in [-0.4, -0.2) is 21.6 Å². The lowest BCUT2D eigenvalue weighted by Crippen LogP contribution is -2.06. The highest BCUT2D eigenvalue weighted by molar-refractivity contribution is 5.19. The molecule has 0 atom stereocenters. The monoisotopic (exact) mass is 154 g/mol. The maximum atomic E-state index is 5.31. The molecule has 2 N–H and O–H groups in total. The first-order valence-corrected chi connectivity index (χ1v) is 3.17. The van der Waals surface area contributed by atoms with Crippen LogP contribution in [0.25, 0.3) is 0 Å². The zero-order chi connectivity index (χ0) is 8.10. The summed E-state index contributed by atoms with van der Waals surface area (Å²) in [6.07, 6.45) is 3.13. The summed E-state index contributed by atoms with van der Waals surface area (Å²) >= 11 is 0. The molecule has 0 aliphatic carbocycles. The number of anilines is 1. The molecule has 1 aromatic heterocycles. The maximum Gasteiger partial charge on any atom is 0.166 e. The van der Waals surface area contributed by atoms with Crippen molar-refractivity contribution in [3.05, 3.63) is 18.9 Å². The van der Waals surface area contributed by atoms with Crippen LogP contribution in [0.5, 0.6) is 0 Å². The van der Waals surface area contributed by atoms with Gasteiger partial charge in [0, 0.05) is 0 Å². The van der Waals surface area contributed by atoms with Gasteiger partial charge in [-0.25, -0.2) is 0 Å². The number of ether oxygens (including phenoxy) is 1. The molecule has 0 aromatic carbocycles. The predicted molar refractivity (Wildman–Crippen MR) is 40.6 cm³/mol. The molecule has 0 aliphatic heterocycles. The Labute approximate surface area is 64.5 Å². The van der Waals surface area contributed by atoms with E-state index in [1.54, 1.807) is 6.08 Å². The Balaban J connectivity index is 2.32. The molecule has 5 nitrogen and oxygen atoms in total. The largest absolute Gasteiger partial charge is 0.381 e. The van der Waals surface area contributed by atoms with Gasteiger partial charge in [0.05, 0.1) is 12.8 Å². The number of nitrogens with two attached hydrogens (primary N) is 1. The minimum atomic E-state index is 0.309. The van der Waals surface area contributed by atoms with E-state index in [1.807, 2.05) is 0 Å². The summed E-state index contributed by atoms with van der Waals surface area (Å²) in [7, 11) is 0. The molecule has 0 saturated carbocycles. The number of rotatable bonds is 4. The first kappa shape index (κ1) is 7.74. The van der Waals surface area contributed by atoms with Crippen LogP contribution in [0.1, 0.15) is 0 Å². The molecule has 0 saturated heterocycles. The average molecular weight is 154 g/mol. The molecule has 0 spiro atoms. The zero-order valence-corrected chi connectivity index (χ0v) is 6.10. The van der Waals surface area contributed by atoms with Crippen LogP contribution in [0.2, 0.25) is 0 Å². The van der Waals surface area contributed by atoms with Gasteiger partial charge in [0.2, 0.25) is 0 Å². The van der Waals surface area contributed by atoms with Crippen molar-refractivity contribution in [3.8, 4) is 0 Å². The topological polar surface area (TPSA) is 66.0 Å². The van der Waals surface area contributed by atoms with Crippen molar-refractivity contribution in [2.45, 2.75) is 6.73 Å². The molecular weight excluding hydrogens is 144 g/mol. The third-order valence-corrected chi connectivity index (χ3v) is 0.997. The van der Waals surface area contributed by atoms with E-state index in [4.69, 9.17) is 10.5 Å². The van der Waals surface area contributed by atoms with Gasteiger partial charge >= 0.3 is 0 Å². The Morgan fingerprint density at radius 2 is 2.64 bits per heavy atom. The van der Waals surface area contributed by atoms with Crippen molar-refractivity contribution in [1.29, 1.82) is 0 Å². The van der Waals surface area contributed by atoms with E-state index in [0.29, 0.717) is 19.2 Å². The van der Waals surface area contributed by atoms with E-state index in [-0.39, 0.29) is 0 Å². The highest BCUT2D eigenvalue weighted by Gasteiger charge is 1.93. The lowest BCUT2D eigenvalue weighted by Gasteiger charge is -1.97. The Morgan fingerprint density at radius 1 is 1.82 bits per heavy atom. The van der Waals surface area contributed by atoms with Gasteiger partial charge in [-0.15, -0.1) is 11.7 Å². The summed E-state index contributed by atoms with van der Waals surface area (Å²) in [6.45, 7) is 4.29. The first-order chi connectivity index (χ1) is 5.33. The Morgan fingerprint density at radius 3 is 3.18 bits per heavy atom. The second kappa shape index (κ2) is 3.72. The van der Waals surface area contributed by atoms with E-state index < -0.39 is 0 Å². The summed E-state index contributed by atoms with van der Waals surface area (Å²) in [5.41, 5.74) is 5.31. The molecule has 0 radical (unpaired) electrons. The van der Waals surface area contributed by atoms with Crippen LogP contribution in [0.3, 0.4) is 0 Å². The zero-order valence-electron chi connectivity index (χ0n) is 6.10. The van der Waals surface area contributed by atoms with E-state index >= 15 is 0 Å². The fourth-order valence-electron chi connectivity index (χ4n) is 0.591. The van der Waals surface area contributed by atoms with Crippen molar-refractivity contribution < 1.29 is 4.74 Å². The molecular formula is C6H10N4O. The van der Waals surface area contributed by atoms with Gasteiger partial charge in [0.1, 0.15) is 0 Å². The molecule has 5 heteroatoms. The van der Waals surface area contributed by atoms with Gasteiger partial charge in [0.25, 0.3) is 0 Å². The summed E-state index contributed by atoms with van der Waals surface area (Å²) in [5.74, 6) is 0.396. The number of nitrogens with zero attached hydrogens (tertiary/aromatic N) is 3. The first-order valence-electron chi connectivity index (χ1n) is 3.17. The predicted octanol–water partition coefficient (Wildman–Crippen LogP) is 0.0204. The standard InChI is InChI=1S/C6H10N4O/c1-2-3-11-5-10-8-4-6(7)9-10/h2,4H,1,3,5H2,(H2,7,9). The summed E-state index contributed by atoms with van der Waals surface area (Å²) in [4.78, 5) is 1.37. The molecule has 0 amide bonds. The van der Waals surface area contributed by atoms with Gasteiger partial charge in [-0.1, -0.05) is 6.08 Å². The van der Waals surface area contributed by atoms with Crippen LogP contribution < -0.4 is 5.73 Å². The smallest absolute Gasteiger partial charge is 0.166 e. The molecule has 0 bridgehead atoms. The van der Waals surface area contributed by atoms with Gasteiger partial charge in [-0.3, -0.25) is 0 Å². The van der Waals surface area contributed by atoms with E-state index in [2.05, 4.69) is 16.8 Å². The Hall–Kier alpha value is -1.36. The molecule has 1 aromatic rings. The number of aromatic nitrogens is 3. The fourth-order valence-corrected chi connectivity index (χ4v) is 0.591. The van der Waals surface area contributed by atoms with E-state index in [0.717, 1.165) is 0 Å². The van der Waals surface area contributed by atoms with Crippen molar-refractivity contribution in [1.82, 2.24) is 15.0 Å². The Kier molecular flexibility index (Phi) is 2.62. The minimum Gasteiger partial charge on any atom is -0.381 e. The summed E-state index contributed by atoms with van der Waals surface area (Å²) in [5, 5.41) is 7.62. The Bertz CT molecular complexity index is 232. The molecule has 0 unspecified atom stereocenters. The van der Waals surface area contributed by atoms with Crippen LogP contribution in [0.15, 0.2) is 18.9 Å². The van der Waals surface area contributed by atoms with Gasteiger partial charge < -0.3 is 10.5 Å². The fraction of sp³-hybridized carbons (Fsp3) is 0.333. The third-order valence-electron chi connectivity index (χ3n) is 0.997. The quantitative estimate of drug-likeness (QED) is 0.490. The molecule has 11 heavy (non-hydrogen) atoms. The summed E-state index contributed by atoms with van der Waals surface area (Å²) < 4.78 is 5.05. The normalized spacial score (nSPS) is 9.82. The second-order valence-corrected chi connectivity index (χ2v) is 1.93. The van der Waals surface area contributed by atoms with Crippen LogP contribution in [0, 0.1) is 0 Å². The maximum absolute atomic E-state index is 5.31. The molecule has 60 valence electrons. The van der Waals surface area contributed by atoms with Gasteiger partial charge in [-0.2, -0.15) is 9.90 Å². The van der Waals surface area contributed by atoms with Gasteiger partial charge in [0.15, 0.2) is 12.5 Å². The van der Waals surface area contributed by atoms with Crippen molar-refractivity contribution in [2.75, 3.05) is 12.3 Å².